The average molecular weight is 362 g/mol. The Morgan fingerprint density at radius 3 is 2.32 bits per heavy atom. The molecule has 2 aromatic rings. The van der Waals surface area contributed by atoms with Crippen LogP contribution in [0.25, 0.3) is 6.08 Å². The summed E-state index contributed by atoms with van der Waals surface area (Å²) in [5.41, 5.74) is 0.745. The summed E-state index contributed by atoms with van der Waals surface area (Å²) in [6, 6.07) is 15.7. The van der Waals surface area contributed by atoms with Gasteiger partial charge in [0.1, 0.15) is 0 Å². The number of esters is 1. The number of carbonyl (C=O) groups excluding carboxylic acids is 1. The van der Waals surface area contributed by atoms with E-state index in [0.29, 0.717) is 4.47 Å². The molecule has 0 aliphatic carbocycles. The summed E-state index contributed by atoms with van der Waals surface area (Å²) in [6.07, 6.45) is 1.71. The second kappa shape index (κ2) is 7.54. The standard InChI is InChI=1S/C16H13NO4Se/c1-21-16(18)15(22-14-5-3-2-4-6-14)11-12-7-9-13(10-8-12)17(19)20/h2-11H,1H3/b15-11-. The number of hydrogen-bond donors (Lipinski definition) is 0. The van der Waals surface area contributed by atoms with Gasteiger partial charge >= 0.3 is 133 Å². The van der Waals surface area contributed by atoms with Crippen LogP contribution >= 0.6 is 0 Å². The summed E-state index contributed by atoms with van der Waals surface area (Å²) in [7, 11) is 1.34. The molecule has 0 aliphatic rings. The van der Waals surface area contributed by atoms with Crippen LogP contribution in [0.2, 0.25) is 0 Å². The zero-order valence-corrected chi connectivity index (χ0v) is 13.5. The normalized spacial score (nSPS) is 11.0. The van der Waals surface area contributed by atoms with Crippen LogP contribution < -0.4 is 4.46 Å². The fourth-order valence-electron chi connectivity index (χ4n) is 1.69. The van der Waals surface area contributed by atoms with Crippen molar-refractivity contribution >= 4 is 37.2 Å². The number of nitro groups is 1. The number of nitrogens with zero attached hydrogens (tertiary/aromatic N) is 1. The number of rotatable bonds is 5. The summed E-state index contributed by atoms with van der Waals surface area (Å²) < 4.78 is 6.42. The molecule has 0 bridgehead atoms. The molecule has 2 aromatic carbocycles. The van der Waals surface area contributed by atoms with E-state index in [4.69, 9.17) is 4.74 Å². The molecule has 112 valence electrons. The predicted octanol–water partition coefficient (Wildman–Crippen LogP) is 2.14. The van der Waals surface area contributed by atoms with Gasteiger partial charge in [0.2, 0.25) is 0 Å². The fraction of sp³-hybridized carbons (Fsp3) is 0.0625. The Bertz CT molecular complexity index is 696. The van der Waals surface area contributed by atoms with E-state index in [0.717, 1.165) is 10.0 Å². The third kappa shape index (κ3) is 4.28. The molecule has 2 rings (SSSR count). The number of carbonyl (C=O) groups is 1. The number of nitro benzene ring substituents is 1. The van der Waals surface area contributed by atoms with E-state index >= 15 is 0 Å². The number of ether oxygens (including phenoxy) is 1. The molecule has 0 N–H and O–H groups in total. The zero-order valence-electron chi connectivity index (χ0n) is 11.8. The Hall–Kier alpha value is -2.43. The van der Waals surface area contributed by atoms with Crippen molar-refractivity contribution in [2.24, 2.45) is 0 Å². The molecule has 0 aromatic heterocycles. The van der Waals surface area contributed by atoms with Crippen molar-refractivity contribution in [1.82, 2.24) is 0 Å². The Morgan fingerprint density at radius 1 is 1.14 bits per heavy atom. The van der Waals surface area contributed by atoms with Crippen LogP contribution in [-0.4, -0.2) is 33.0 Å². The first-order valence-corrected chi connectivity index (χ1v) is 8.09. The van der Waals surface area contributed by atoms with E-state index in [1.807, 2.05) is 30.3 Å². The molecular weight excluding hydrogens is 349 g/mol. The summed E-state index contributed by atoms with van der Waals surface area (Å²) in [6.45, 7) is 0. The van der Waals surface area contributed by atoms with Gasteiger partial charge in [-0.2, -0.15) is 0 Å². The number of hydrogen-bond acceptors (Lipinski definition) is 4. The molecule has 0 radical (unpaired) electrons. The van der Waals surface area contributed by atoms with Crippen LogP contribution in [0.4, 0.5) is 5.69 Å². The van der Waals surface area contributed by atoms with Gasteiger partial charge in [0.15, 0.2) is 0 Å². The van der Waals surface area contributed by atoms with Crippen molar-refractivity contribution in [2.45, 2.75) is 0 Å². The number of non-ortho nitro benzene ring substituents is 1. The van der Waals surface area contributed by atoms with Crippen molar-refractivity contribution in [3.63, 3.8) is 0 Å². The van der Waals surface area contributed by atoms with Gasteiger partial charge in [-0.1, -0.05) is 0 Å². The van der Waals surface area contributed by atoms with Crippen molar-refractivity contribution in [1.29, 1.82) is 0 Å². The third-order valence-electron chi connectivity index (χ3n) is 2.76. The minimum atomic E-state index is -0.456. The van der Waals surface area contributed by atoms with E-state index in [2.05, 4.69) is 0 Å². The van der Waals surface area contributed by atoms with Crippen LogP contribution in [0.1, 0.15) is 5.56 Å². The maximum atomic E-state index is 11.9. The van der Waals surface area contributed by atoms with Gasteiger partial charge in [-0.25, -0.2) is 0 Å². The number of methoxy groups -OCH3 is 1. The molecule has 0 amide bonds. The molecule has 0 saturated carbocycles. The molecular formula is C16H13NO4Se. The summed E-state index contributed by atoms with van der Waals surface area (Å²) >= 11 is -0.198. The van der Waals surface area contributed by atoms with Gasteiger partial charge < -0.3 is 0 Å². The predicted molar refractivity (Wildman–Crippen MR) is 84.9 cm³/mol. The van der Waals surface area contributed by atoms with Gasteiger partial charge in [-0.15, -0.1) is 0 Å². The van der Waals surface area contributed by atoms with Crippen molar-refractivity contribution < 1.29 is 14.5 Å². The minimum absolute atomic E-state index is 0.0188. The molecule has 0 unspecified atom stereocenters. The van der Waals surface area contributed by atoms with Crippen molar-refractivity contribution in [2.75, 3.05) is 7.11 Å². The van der Waals surface area contributed by atoms with E-state index in [1.165, 1.54) is 19.2 Å². The second-order valence-corrected chi connectivity index (χ2v) is 6.60. The van der Waals surface area contributed by atoms with Gasteiger partial charge in [-0.3, -0.25) is 0 Å². The first-order chi connectivity index (χ1) is 10.6. The second-order valence-electron chi connectivity index (χ2n) is 4.26. The van der Waals surface area contributed by atoms with Crippen molar-refractivity contribution in [3.8, 4) is 0 Å². The first kappa shape index (κ1) is 15.9. The van der Waals surface area contributed by atoms with E-state index in [-0.39, 0.29) is 26.6 Å². The van der Waals surface area contributed by atoms with Crippen LogP contribution in [0.5, 0.6) is 0 Å². The van der Waals surface area contributed by atoms with Crippen LogP contribution in [0.3, 0.4) is 0 Å². The Balaban J connectivity index is 2.28. The van der Waals surface area contributed by atoms with Gasteiger partial charge in [-0.05, 0) is 0 Å². The summed E-state index contributed by atoms with van der Waals surface area (Å²) in [5, 5.41) is 10.6. The Kier molecular flexibility index (Phi) is 5.47. The molecule has 0 aliphatic heterocycles. The SMILES string of the molecule is COC(=O)/C(=C/c1ccc([N+](=O)[O-])cc1)[Se]c1ccccc1. The van der Waals surface area contributed by atoms with Gasteiger partial charge in [0.05, 0.1) is 0 Å². The maximum absolute atomic E-state index is 11.9. The van der Waals surface area contributed by atoms with E-state index < -0.39 is 4.92 Å². The summed E-state index contributed by atoms with van der Waals surface area (Å²) in [4.78, 5) is 22.1. The van der Waals surface area contributed by atoms with Crippen molar-refractivity contribution in [3.05, 3.63) is 74.7 Å². The molecule has 0 saturated heterocycles. The zero-order chi connectivity index (χ0) is 15.9. The summed E-state index contributed by atoms with van der Waals surface area (Å²) in [5.74, 6) is -0.387. The fourth-order valence-corrected chi connectivity index (χ4v) is 3.60. The molecule has 0 spiro atoms. The van der Waals surface area contributed by atoms with Gasteiger partial charge in [0, 0.05) is 0 Å². The van der Waals surface area contributed by atoms with E-state index in [1.54, 1.807) is 18.2 Å². The molecule has 5 nitrogen and oxygen atoms in total. The van der Waals surface area contributed by atoms with Crippen LogP contribution in [0.15, 0.2) is 59.1 Å². The number of benzene rings is 2. The van der Waals surface area contributed by atoms with Crippen LogP contribution in [0, 0.1) is 10.1 Å². The molecule has 0 atom stereocenters. The quantitative estimate of drug-likeness (QED) is 0.269. The molecule has 0 heterocycles. The molecule has 22 heavy (non-hydrogen) atoms. The monoisotopic (exact) mass is 363 g/mol. The Morgan fingerprint density at radius 2 is 1.77 bits per heavy atom. The van der Waals surface area contributed by atoms with Crippen LogP contribution in [-0.2, 0) is 9.53 Å². The molecule has 0 fully saturated rings. The van der Waals surface area contributed by atoms with E-state index in [9.17, 15) is 14.9 Å². The topological polar surface area (TPSA) is 69.4 Å². The third-order valence-corrected chi connectivity index (χ3v) is 4.88. The first-order valence-electron chi connectivity index (χ1n) is 6.37. The van der Waals surface area contributed by atoms with Gasteiger partial charge in [0.25, 0.3) is 0 Å². The molecule has 6 heteroatoms. The average Bonchev–Trinajstić information content (AvgIpc) is 2.55. The Labute approximate surface area is 133 Å².